The normalized spacial score (nSPS) is 24.9. The fourth-order valence-electron chi connectivity index (χ4n) is 5.97. The summed E-state index contributed by atoms with van der Waals surface area (Å²) in [4.78, 5) is 26.8. The Kier molecular flexibility index (Phi) is 8.25. The molecule has 2 saturated carbocycles. The fraction of sp³-hybridized carbons (Fsp3) is 0.714. The van der Waals surface area contributed by atoms with Crippen molar-refractivity contribution in [2.24, 2.45) is 11.3 Å². The third kappa shape index (κ3) is 7.86. The Bertz CT molecular complexity index is 830. The predicted octanol–water partition coefficient (Wildman–Crippen LogP) is 5.24. The molecule has 0 atom stereocenters. The van der Waals surface area contributed by atoms with Crippen LogP contribution >= 0.6 is 0 Å². The van der Waals surface area contributed by atoms with E-state index >= 15 is 0 Å². The molecule has 35 heavy (non-hydrogen) atoms. The second-order valence-corrected chi connectivity index (χ2v) is 12.0. The lowest BCUT2D eigenvalue weighted by Crippen LogP contribution is -2.55. The first-order valence-corrected chi connectivity index (χ1v) is 13.4. The lowest BCUT2D eigenvalue weighted by molar-refractivity contribution is -0.00680. The van der Waals surface area contributed by atoms with Gasteiger partial charge in [-0.25, -0.2) is 9.59 Å². The van der Waals surface area contributed by atoms with Crippen LogP contribution in [0.5, 0.6) is 0 Å². The van der Waals surface area contributed by atoms with E-state index < -0.39 is 5.60 Å². The second-order valence-electron chi connectivity index (χ2n) is 12.0. The van der Waals surface area contributed by atoms with Crippen LogP contribution in [0.15, 0.2) is 30.3 Å². The topological polar surface area (TPSA) is 79.9 Å². The van der Waals surface area contributed by atoms with Gasteiger partial charge in [-0.1, -0.05) is 30.3 Å². The van der Waals surface area contributed by atoms with Gasteiger partial charge in [0, 0.05) is 18.6 Å². The van der Waals surface area contributed by atoms with Gasteiger partial charge in [0.2, 0.25) is 0 Å². The molecule has 4 rings (SSSR count). The van der Waals surface area contributed by atoms with Crippen LogP contribution in [0.2, 0.25) is 0 Å². The summed E-state index contributed by atoms with van der Waals surface area (Å²) in [5.74, 6) is 0.713. The van der Waals surface area contributed by atoms with E-state index in [1.807, 2.05) is 51.1 Å². The van der Waals surface area contributed by atoms with Crippen LogP contribution < -0.4 is 10.6 Å². The van der Waals surface area contributed by atoms with Gasteiger partial charge in [-0.05, 0) is 102 Å². The van der Waals surface area contributed by atoms with E-state index in [1.54, 1.807) is 0 Å². The standard InChI is InChI=1S/C28H43N3O4/c1-27(2,3)35-26(33)30-24-17-28(18-24)13-15-31(16-14-28)19-21-9-11-23(12-10-21)29-25(32)34-20-22-7-5-4-6-8-22/h4-8,21,23-24H,9-20H2,1-3H3,(H,29,32)(H,30,33). The molecule has 2 amide bonds. The Morgan fingerprint density at radius 3 is 2.20 bits per heavy atom. The molecular weight excluding hydrogens is 442 g/mol. The summed E-state index contributed by atoms with van der Waals surface area (Å²) in [6.07, 6.45) is 8.40. The quantitative estimate of drug-likeness (QED) is 0.576. The largest absolute Gasteiger partial charge is 0.445 e. The molecule has 2 aliphatic carbocycles. The summed E-state index contributed by atoms with van der Waals surface area (Å²) < 4.78 is 10.8. The van der Waals surface area contributed by atoms with Gasteiger partial charge in [-0.2, -0.15) is 0 Å². The average Bonchev–Trinajstić information content (AvgIpc) is 2.79. The predicted molar refractivity (Wildman–Crippen MR) is 136 cm³/mol. The molecule has 3 fully saturated rings. The van der Waals surface area contributed by atoms with Gasteiger partial charge in [-0.15, -0.1) is 0 Å². The first kappa shape index (κ1) is 25.8. The number of carbonyl (C=O) groups excluding carboxylic acids is 2. The maximum absolute atomic E-state index is 12.1. The average molecular weight is 486 g/mol. The van der Waals surface area contributed by atoms with Crippen molar-refractivity contribution in [3.05, 3.63) is 35.9 Å². The molecule has 0 aromatic heterocycles. The Balaban J connectivity index is 1.08. The van der Waals surface area contributed by atoms with Crippen molar-refractivity contribution in [1.82, 2.24) is 15.5 Å². The highest BCUT2D eigenvalue weighted by molar-refractivity contribution is 5.68. The highest BCUT2D eigenvalue weighted by Gasteiger charge is 2.46. The van der Waals surface area contributed by atoms with Crippen LogP contribution in [-0.4, -0.2) is 54.4 Å². The number of alkyl carbamates (subject to hydrolysis) is 2. The number of nitrogens with zero attached hydrogens (tertiary/aromatic N) is 1. The number of nitrogens with one attached hydrogen (secondary N) is 2. The summed E-state index contributed by atoms with van der Waals surface area (Å²) >= 11 is 0. The number of piperidine rings is 1. The first-order valence-electron chi connectivity index (χ1n) is 13.4. The van der Waals surface area contributed by atoms with Gasteiger partial charge in [-0.3, -0.25) is 0 Å². The molecule has 1 aromatic rings. The molecule has 194 valence electrons. The van der Waals surface area contributed by atoms with Crippen molar-refractivity contribution < 1.29 is 19.1 Å². The number of likely N-dealkylation sites (tertiary alicyclic amines) is 1. The molecule has 0 bridgehead atoms. The third-order valence-corrected chi connectivity index (χ3v) is 7.89. The van der Waals surface area contributed by atoms with Gasteiger partial charge in [0.25, 0.3) is 0 Å². The summed E-state index contributed by atoms with van der Waals surface area (Å²) in [7, 11) is 0. The monoisotopic (exact) mass is 485 g/mol. The second kappa shape index (κ2) is 11.2. The highest BCUT2D eigenvalue weighted by atomic mass is 16.6. The van der Waals surface area contributed by atoms with Gasteiger partial charge in [0.1, 0.15) is 12.2 Å². The minimum atomic E-state index is -0.447. The number of hydrogen-bond donors (Lipinski definition) is 2. The van der Waals surface area contributed by atoms with Crippen molar-refractivity contribution in [3.63, 3.8) is 0 Å². The first-order chi connectivity index (χ1) is 16.7. The molecule has 3 aliphatic rings. The van der Waals surface area contributed by atoms with Crippen LogP contribution in [0.25, 0.3) is 0 Å². The lowest BCUT2D eigenvalue weighted by atomic mass is 9.60. The molecule has 1 spiro atoms. The smallest absolute Gasteiger partial charge is 0.407 e. The van der Waals surface area contributed by atoms with Gasteiger partial charge in [0.05, 0.1) is 0 Å². The van der Waals surface area contributed by atoms with E-state index in [0.717, 1.165) is 57.2 Å². The maximum atomic E-state index is 12.1. The van der Waals surface area contributed by atoms with Crippen LogP contribution in [-0.2, 0) is 16.1 Å². The van der Waals surface area contributed by atoms with Crippen LogP contribution in [0.1, 0.15) is 77.7 Å². The molecule has 1 aliphatic heterocycles. The Labute approximate surface area is 210 Å². The van der Waals surface area contributed by atoms with Gasteiger partial charge >= 0.3 is 12.2 Å². The van der Waals surface area contributed by atoms with Crippen LogP contribution in [0.4, 0.5) is 9.59 Å². The fourth-order valence-corrected chi connectivity index (χ4v) is 5.97. The molecule has 1 heterocycles. The van der Waals surface area contributed by atoms with E-state index in [9.17, 15) is 9.59 Å². The molecule has 2 N–H and O–H groups in total. The number of benzene rings is 1. The minimum Gasteiger partial charge on any atom is -0.445 e. The highest BCUT2D eigenvalue weighted by Crippen LogP contribution is 2.49. The Morgan fingerprint density at radius 1 is 0.943 bits per heavy atom. The van der Waals surface area contributed by atoms with E-state index in [0.29, 0.717) is 17.9 Å². The number of hydrogen-bond acceptors (Lipinski definition) is 5. The number of amides is 2. The van der Waals surface area contributed by atoms with Gasteiger partial charge < -0.3 is 25.0 Å². The molecule has 1 saturated heterocycles. The number of ether oxygens (including phenoxy) is 2. The van der Waals surface area contributed by atoms with Crippen molar-refractivity contribution >= 4 is 12.2 Å². The molecule has 1 aromatic carbocycles. The molecule has 7 nitrogen and oxygen atoms in total. The van der Waals surface area contributed by atoms with Crippen molar-refractivity contribution in [3.8, 4) is 0 Å². The zero-order valence-corrected chi connectivity index (χ0v) is 21.7. The van der Waals surface area contributed by atoms with Crippen LogP contribution in [0.3, 0.4) is 0 Å². The number of carbonyl (C=O) groups is 2. The Hall–Kier alpha value is -2.28. The van der Waals surface area contributed by atoms with E-state index in [2.05, 4.69) is 15.5 Å². The zero-order chi connectivity index (χ0) is 24.9. The van der Waals surface area contributed by atoms with E-state index in [1.165, 1.54) is 19.4 Å². The molecule has 0 radical (unpaired) electrons. The lowest BCUT2D eigenvalue weighted by Gasteiger charge is -2.52. The summed E-state index contributed by atoms with van der Waals surface area (Å²) in [5.41, 5.74) is 0.974. The third-order valence-electron chi connectivity index (χ3n) is 7.89. The molecular formula is C28H43N3O4. The molecule has 7 heteroatoms. The minimum absolute atomic E-state index is 0.225. The van der Waals surface area contributed by atoms with E-state index in [-0.39, 0.29) is 24.3 Å². The summed E-state index contributed by atoms with van der Waals surface area (Å²) in [6.45, 7) is 9.49. The van der Waals surface area contributed by atoms with Crippen molar-refractivity contribution in [2.75, 3.05) is 19.6 Å². The maximum Gasteiger partial charge on any atom is 0.407 e. The summed E-state index contributed by atoms with van der Waals surface area (Å²) in [5, 5.41) is 6.10. The SMILES string of the molecule is CC(C)(C)OC(=O)NC1CC2(CCN(CC3CCC(NC(=O)OCc4ccccc4)CC3)CC2)C1. The zero-order valence-electron chi connectivity index (χ0n) is 21.7. The Morgan fingerprint density at radius 2 is 1.57 bits per heavy atom. The molecule has 0 unspecified atom stereocenters. The number of rotatable bonds is 6. The van der Waals surface area contributed by atoms with Crippen molar-refractivity contribution in [2.45, 2.75) is 96.4 Å². The van der Waals surface area contributed by atoms with Gasteiger partial charge in [0.15, 0.2) is 0 Å². The summed E-state index contributed by atoms with van der Waals surface area (Å²) in [6, 6.07) is 10.3. The van der Waals surface area contributed by atoms with Crippen molar-refractivity contribution in [1.29, 1.82) is 0 Å². The van der Waals surface area contributed by atoms with E-state index in [4.69, 9.17) is 9.47 Å². The van der Waals surface area contributed by atoms with Crippen LogP contribution in [0, 0.1) is 11.3 Å².